The highest BCUT2D eigenvalue weighted by Crippen LogP contribution is 2.25. The second kappa shape index (κ2) is 5.17. The molecule has 0 saturated heterocycles. The second-order valence-corrected chi connectivity index (χ2v) is 4.40. The fraction of sp³-hybridized carbons (Fsp3) is 0.400. The van der Waals surface area contributed by atoms with Gasteiger partial charge in [-0.25, -0.2) is 0 Å². The number of hydrogen-bond acceptors (Lipinski definition) is 2. The highest BCUT2D eigenvalue weighted by molar-refractivity contribution is 5.84. The van der Waals surface area contributed by atoms with Gasteiger partial charge in [0.2, 0.25) is 0 Å². The van der Waals surface area contributed by atoms with Crippen LogP contribution in [0.2, 0.25) is 0 Å². The Balaban J connectivity index is 2.48. The van der Waals surface area contributed by atoms with Gasteiger partial charge in [0, 0.05) is 11.6 Å². The zero-order chi connectivity index (χ0) is 12.3. The monoisotopic (exact) mass is 229 g/mol. The van der Waals surface area contributed by atoms with E-state index in [9.17, 15) is 0 Å². The number of aromatic nitrogens is 1. The highest BCUT2D eigenvalue weighted by Gasteiger charge is 2.05. The van der Waals surface area contributed by atoms with Gasteiger partial charge in [-0.2, -0.15) is 0 Å². The van der Waals surface area contributed by atoms with E-state index in [1.165, 1.54) is 29.4 Å². The molecule has 0 bridgehead atoms. The van der Waals surface area contributed by atoms with E-state index in [2.05, 4.69) is 24.9 Å². The Bertz CT molecular complexity index is 520. The molecule has 0 radical (unpaired) electrons. The quantitative estimate of drug-likeness (QED) is 0.793. The summed E-state index contributed by atoms with van der Waals surface area (Å²) in [4.78, 5) is 4.51. The number of nitrogens with zero attached hydrogens (tertiary/aromatic N) is 1. The molecule has 2 heteroatoms. The smallest absolute Gasteiger partial charge is 0.119 e. The van der Waals surface area contributed by atoms with E-state index in [0.717, 1.165) is 17.7 Å². The molecular weight excluding hydrogens is 210 g/mol. The molecule has 1 aromatic heterocycles. The molecule has 90 valence electrons. The number of fused-ring (bicyclic) bond motifs is 1. The van der Waals surface area contributed by atoms with Gasteiger partial charge in [-0.05, 0) is 49.1 Å². The molecule has 0 fully saturated rings. The van der Waals surface area contributed by atoms with Crippen LogP contribution in [0, 0.1) is 6.92 Å². The highest BCUT2D eigenvalue weighted by atomic mass is 16.5. The molecule has 1 aromatic carbocycles. The lowest BCUT2D eigenvalue weighted by Gasteiger charge is -2.09. The summed E-state index contributed by atoms with van der Waals surface area (Å²) in [6.45, 7) is 4.39. The average molecular weight is 229 g/mol. The molecule has 2 rings (SSSR count). The normalized spacial score (nSPS) is 10.8. The lowest BCUT2D eigenvalue weighted by Crippen LogP contribution is -1.94. The molecule has 0 aliphatic heterocycles. The third-order valence-corrected chi connectivity index (χ3v) is 3.25. The van der Waals surface area contributed by atoms with Gasteiger partial charge in [-0.15, -0.1) is 0 Å². The summed E-state index contributed by atoms with van der Waals surface area (Å²) < 4.78 is 5.27. The van der Waals surface area contributed by atoms with Gasteiger partial charge in [-0.1, -0.05) is 13.3 Å². The molecule has 2 aromatic rings. The van der Waals surface area contributed by atoms with Crippen LogP contribution in [0.5, 0.6) is 5.75 Å². The lowest BCUT2D eigenvalue weighted by molar-refractivity contribution is 0.415. The molecular formula is C15H19NO. The van der Waals surface area contributed by atoms with Crippen molar-refractivity contribution < 1.29 is 4.74 Å². The zero-order valence-electron chi connectivity index (χ0n) is 10.8. The summed E-state index contributed by atoms with van der Waals surface area (Å²) >= 11 is 0. The fourth-order valence-electron chi connectivity index (χ4n) is 2.09. The molecule has 0 unspecified atom stereocenters. The minimum Gasteiger partial charge on any atom is -0.497 e. The molecule has 0 N–H and O–H groups in total. The van der Waals surface area contributed by atoms with Gasteiger partial charge in [0.05, 0.1) is 12.6 Å². The van der Waals surface area contributed by atoms with E-state index in [-0.39, 0.29) is 0 Å². The van der Waals surface area contributed by atoms with Crippen molar-refractivity contribution in [2.45, 2.75) is 33.1 Å². The number of rotatable bonds is 4. The Kier molecular flexibility index (Phi) is 3.62. The van der Waals surface area contributed by atoms with E-state index < -0.39 is 0 Å². The van der Waals surface area contributed by atoms with Crippen LogP contribution in [0.3, 0.4) is 0 Å². The van der Waals surface area contributed by atoms with Gasteiger partial charge in [0.1, 0.15) is 5.75 Å². The summed E-state index contributed by atoms with van der Waals surface area (Å²) in [7, 11) is 1.70. The number of hydrogen-bond donors (Lipinski definition) is 0. The number of methoxy groups -OCH3 is 1. The van der Waals surface area contributed by atoms with Crippen molar-refractivity contribution >= 4 is 10.9 Å². The Morgan fingerprint density at radius 3 is 2.82 bits per heavy atom. The maximum atomic E-state index is 5.27. The number of pyridine rings is 1. The summed E-state index contributed by atoms with van der Waals surface area (Å²) in [5.74, 6) is 0.898. The summed E-state index contributed by atoms with van der Waals surface area (Å²) in [6, 6.07) is 6.05. The van der Waals surface area contributed by atoms with Crippen LogP contribution in [0.25, 0.3) is 10.9 Å². The second-order valence-electron chi connectivity index (χ2n) is 4.40. The third kappa shape index (κ3) is 2.41. The minimum atomic E-state index is 0.898. The Morgan fingerprint density at radius 2 is 2.12 bits per heavy atom. The summed E-state index contributed by atoms with van der Waals surface area (Å²) in [5, 5.41) is 1.21. The Morgan fingerprint density at radius 1 is 1.29 bits per heavy atom. The molecule has 0 spiro atoms. The first-order valence-corrected chi connectivity index (χ1v) is 6.18. The van der Waals surface area contributed by atoms with Crippen LogP contribution in [0.15, 0.2) is 24.4 Å². The standard InChI is InChI=1S/C15H19NO/c1-4-5-6-12-10-16-15-8-7-13(17-3)9-14(15)11(12)2/h7-10H,4-6H2,1-3H3. The number of unbranched alkanes of at least 4 members (excludes halogenated alkanes) is 1. The first kappa shape index (κ1) is 11.9. The topological polar surface area (TPSA) is 22.1 Å². The largest absolute Gasteiger partial charge is 0.497 e. The average Bonchev–Trinajstić information content (AvgIpc) is 2.38. The zero-order valence-corrected chi connectivity index (χ0v) is 10.8. The van der Waals surface area contributed by atoms with Crippen molar-refractivity contribution in [1.29, 1.82) is 0 Å². The van der Waals surface area contributed by atoms with E-state index in [0.29, 0.717) is 0 Å². The van der Waals surface area contributed by atoms with Crippen molar-refractivity contribution in [3.63, 3.8) is 0 Å². The van der Waals surface area contributed by atoms with Gasteiger partial charge in [0.25, 0.3) is 0 Å². The Labute approximate surface area is 103 Å². The number of benzene rings is 1. The molecule has 0 aliphatic carbocycles. The lowest BCUT2D eigenvalue weighted by atomic mass is 10.0. The number of ether oxygens (including phenoxy) is 1. The first-order valence-electron chi connectivity index (χ1n) is 6.18. The molecule has 0 saturated carbocycles. The van der Waals surface area contributed by atoms with Crippen LogP contribution in [0.4, 0.5) is 0 Å². The third-order valence-electron chi connectivity index (χ3n) is 3.25. The van der Waals surface area contributed by atoms with Gasteiger partial charge in [0.15, 0.2) is 0 Å². The summed E-state index contributed by atoms with van der Waals surface area (Å²) in [6.07, 6.45) is 5.57. The van der Waals surface area contributed by atoms with Crippen LogP contribution in [-0.4, -0.2) is 12.1 Å². The van der Waals surface area contributed by atoms with Crippen LogP contribution in [-0.2, 0) is 6.42 Å². The summed E-state index contributed by atoms with van der Waals surface area (Å²) in [5.41, 5.74) is 3.73. The van der Waals surface area contributed by atoms with Crippen LogP contribution in [0.1, 0.15) is 30.9 Å². The SMILES string of the molecule is CCCCc1cnc2ccc(OC)cc2c1C. The predicted octanol–water partition coefficient (Wildman–Crippen LogP) is 3.89. The molecule has 0 amide bonds. The predicted molar refractivity (Wildman–Crippen MR) is 71.6 cm³/mol. The van der Waals surface area contributed by atoms with Gasteiger partial charge in [-0.3, -0.25) is 4.98 Å². The van der Waals surface area contributed by atoms with Crippen molar-refractivity contribution in [1.82, 2.24) is 4.98 Å². The van der Waals surface area contributed by atoms with Crippen LogP contribution >= 0.6 is 0 Å². The maximum absolute atomic E-state index is 5.27. The van der Waals surface area contributed by atoms with Crippen molar-refractivity contribution in [2.24, 2.45) is 0 Å². The fourth-order valence-corrected chi connectivity index (χ4v) is 2.09. The molecule has 17 heavy (non-hydrogen) atoms. The minimum absolute atomic E-state index is 0.898. The van der Waals surface area contributed by atoms with Crippen molar-refractivity contribution in [2.75, 3.05) is 7.11 Å². The first-order chi connectivity index (χ1) is 8.26. The van der Waals surface area contributed by atoms with Crippen LogP contribution < -0.4 is 4.74 Å². The van der Waals surface area contributed by atoms with E-state index in [1.54, 1.807) is 7.11 Å². The van der Waals surface area contributed by atoms with Gasteiger partial charge >= 0.3 is 0 Å². The van der Waals surface area contributed by atoms with E-state index in [4.69, 9.17) is 4.74 Å². The van der Waals surface area contributed by atoms with Crippen molar-refractivity contribution in [3.05, 3.63) is 35.5 Å². The van der Waals surface area contributed by atoms with Gasteiger partial charge < -0.3 is 4.74 Å². The van der Waals surface area contributed by atoms with E-state index in [1.807, 2.05) is 18.3 Å². The number of aryl methyl sites for hydroxylation is 2. The molecule has 1 heterocycles. The molecule has 2 nitrogen and oxygen atoms in total. The van der Waals surface area contributed by atoms with E-state index >= 15 is 0 Å². The molecule has 0 atom stereocenters. The van der Waals surface area contributed by atoms with Crippen molar-refractivity contribution in [3.8, 4) is 5.75 Å². The molecule has 0 aliphatic rings. The Hall–Kier alpha value is -1.57. The maximum Gasteiger partial charge on any atom is 0.119 e.